The maximum absolute atomic E-state index is 12.3. The van der Waals surface area contributed by atoms with E-state index in [9.17, 15) is 9.36 Å². The summed E-state index contributed by atoms with van der Waals surface area (Å²) in [4.78, 5) is 12.3. The van der Waals surface area contributed by atoms with Crippen LogP contribution in [0.15, 0.2) is 0 Å². The third-order valence-corrected chi connectivity index (χ3v) is 7.39. The van der Waals surface area contributed by atoms with Crippen LogP contribution in [0.4, 0.5) is 0 Å². The topological polar surface area (TPSA) is 52.6 Å². The molecule has 0 saturated heterocycles. The normalized spacial score (nSPS) is 14.8. The van der Waals surface area contributed by atoms with E-state index in [4.69, 9.17) is 9.26 Å². The zero-order valence-corrected chi connectivity index (χ0v) is 15.7. The molecule has 7 heteroatoms. The van der Waals surface area contributed by atoms with E-state index in [1.165, 1.54) is 0 Å². The Bertz CT molecular complexity index is 330. The van der Waals surface area contributed by atoms with Gasteiger partial charge in [-0.2, -0.15) is 0 Å². The van der Waals surface area contributed by atoms with Crippen LogP contribution in [0.25, 0.3) is 0 Å². The van der Waals surface area contributed by atoms with Crippen molar-refractivity contribution in [2.75, 3.05) is 37.5 Å². The van der Waals surface area contributed by atoms with Crippen LogP contribution >= 0.6 is 30.9 Å². The molecular formula is C13H27O4PS2. The second-order valence-electron chi connectivity index (χ2n) is 4.24. The predicted octanol–water partition coefficient (Wildman–Crippen LogP) is 4.09. The second kappa shape index (κ2) is 10.1. The summed E-state index contributed by atoms with van der Waals surface area (Å²) >= 11 is 3.13. The monoisotopic (exact) mass is 342 g/mol. The van der Waals surface area contributed by atoms with Gasteiger partial charge in [0.1, 0.15) is 0 Å². The molecule has 0 aromatic rings. The van der Waals surface area contributed by atoms with Gasteiger partial charge in [0.15, 0.2) is 11.4 Å². The van der Waals surface area contributed by atoms with Crippen molar-refractivity contribution < 1.29 is 18.6 Å². The summed E-state index contributed by atoms with van der Waals surface area (Å²) in [6.07, 6.45) is 0.913. The van der Waals surface area contributed by atoms with E-state index >= 15 is 0 Å². The smallest absolute Gasteiger partial charge is 0.332 e. The minimum atomic E-state index is -2.63. The predicted molar refractivity (Wildman–Crippen MR) is 90.3 cm³/mol. The highest BCUT2D eigenvalue weighted by Crippen LogP contribution is 2.49. The van der Waals surface area contributed by atoms with Crippen LogP contribution in [0.1, 0.15) is 34.1 Å². The van der Waals surface area contributed by atoms with E-state index in [0.29, 0.717) is 25.8 Å². The largest absolute Gasteiger partial charge is 0.464 e. The van der Waals surface area contributed by atoms with Crippen molar-refractivity contribution in [2.45, 2.75) is 38.2 Å². The number of thioether (sulfide) groups is 2. The lowest BCUT2D eigenvalue weighted by atomic mass is 10.3. The third-order valence-electron chi connectivity index (χ3n) is 2.59. The minimum absolute atomic E-state index is 0.213. The van der Waals surface area contributed by atoms with Gasteiger partial charge in [0.05, 0.1) is 13.2 Å². The van der Waals surface area contributed by atoms with E-state index in [0.717, 1.165) is 11.5 Å². The molecule has 0 N–H and O–H groups in total. The Labute approximate surface area is 131 Å². The molecule has 0 aliphatic carbocycles. The standard InChI is InChI=1S/C13H27O4PS2/c1-6-16-12(14)13(19-8-3,20-9-4)10-11-18(5,15)17-7-2/h6-11H2,1-5H3. The first-order chi connectivity index (χ1) is 9.37. The summed E-state index contributed by atoms with van der Waals surface area (Å²) in [6.45, 7) is 10.1. The highest BCUT2D eigenvalue weighted by molar-refractivity contribution is 8.19. The van der Waals surface area contributed by atoms with E-state index in [1.807, 2.05) is 20.8 Å². The van der Waals surface area contributed by atoms with Gasteiger partial charge in [0.2, 0.25) is 0 Å². The summed E-state index contributed by atoms with van der Waals surface area (Å²) in [5, 5.41) is 0. The molecule has 4 nitrogen and oxygen atoms in total. The van der Waals surface area contributed by atoms with Crippen LogP contribution in [-0.4, -0.2) is 47.6 Å². The molecule has 0 fully saturated rings. The van der Waals surface area contributed by atoms with Crippen molar-refractivity contribution in [3.63, 3.8) is 0 Å². The number of ether oxygens (including phenoxy) is 1. The van der Waals surface area contributed by atoms with E-state index in [2.05, 4.69) is 0 Å². The first-order valence-electron chi connectivity index (χ1n) is 7.03. The molecule has 0 aliphatic rings. The Morgan fingerprint density at radius 1 is 1.10 bits per heavy atom. The van der Waals surface area contributed by atoms with Gasteiger partial charge in [-0.3, -0.25) is 4.57 Å². The van der Waals surface area contributed by atoms with E-state index < -0.39 is 11.4 Å². The fraction of sp³-hybridized carbons (Fsp3) is 0.923. The number of rotatable bonds is 11. The van der Waals surface area contributed by atoms with Gasteiger partial charge < -0.3 is 9.26 Å². The molecule has 0 aromatic heterocycles. The second-order valence-corrected chi connectivity index (χ2v) is 10.4. The van der Waals surface area contributed by atoms with Crippen molar-refractivity contribution in [2.24, 2.45) is 0 Å². The molecular weight excluding hydrogens is 315 g/mol. The number of carbonyl (C=O) groups excluding carboxylic acids is 1. The van der Waals surface area contributed by atoms with Gasteiger partial charge in [-0.1, -0.05) is 13.8 Å². The fourth-order valence-electron chi connectivity index (χ4n) is 1.80. The zero-order chi connectivity index (χ0) is 15.6. The molecule has 0 bridgehead atoms. The summed E-state index contributed by atoms with van der Waals surface area (Å²) in [5.74, 6) is 1.42. The molecule has 0 amide bonds. The van der Waals surface area contributed by atoms with Crippen molar-refractivity contribution in [3.8, 4) is 0 Å². The Kier molecular flexibility index (Phi) is 10.3. The number of carbonyl (C=O) groups is 1. The number of hydrogen-bond acceptors (Lipinski definition) is 6. The molecule has 0 radical (unpaired) electrons. The molecule has 0 rings (SSSR count). The van der Waals surface area contributed by atoms with Crippen LogP contribution in [0.2, 0.25) is 0 Å². The Hall–Kier alpha value is 0.360. The summed E-state index contributed by atoms with van der Waals surface area (Å²) in [6, 6.07) is 0. The van der Waals surface area contributed by atoms with Crippen molar-refractivity contribution in [1.82, 2.24) is 0 Å². The van der Waals surface area contributed by atoms with Crippen LogP contribution in [0.3, 0.4) is 0 Å². The van der Waals surface area contributed by atoms with Crippen molar-refractivity contribution in [3.05, 3.63) is 0 Å². The van der Waals surface area contributed by atoms with Crippen molar-refractivity contribution >= 4 is 36.9 Å². The molecule has 20 heavy (non-hydrogen) atoms. The van der Waals surface area contributed by atoms with Crippen molar-refractivity contribution in [1.29, 1.82) is 0 Å². The zero-order valence-electron chi connectivity index (χ0n) is 13.1. The molecule has 0 spiro atoms. The van der Waals surface area contributed by atoms with Gasteiger partial charge in [-0.05, 0) is 31.8 Å². The molecule has 0 heterocycles. The quantitative estimate of drug-likeness (QED) is 0.320. The van der Waals surface area contributed by atoms with Crippen LogP contribution in [-0.2, 0) is 18.6 Å². The van der Waals surface area contributed by atoms with Gasteiger partial charge in [-0.25, -0.2) is 4.79 Å². The Balaban J connectivity index is 4.99. The van der Waals surface area contributed by atoms with Crippen LogP contribution in [0, 0.1) is 0 Å². The van der Waals surface area contributed by atoms with E-state index in [1.54, 1.807) is 37.1 Å². The third kappa shape index (κ3) is 6.88. The molecule has 0 saturated carbocycles. The lowest BCUT2D eigenvalue weighted by Gasteiger charge is -2.30. The maximum atomic E-state index is 12.3. The van der Waals surface area contributed by atoms with Gasteiger partial charge in [-0.15, -0.1) is 23.5 Å². The fourth-order valence-corrected chi connectivity index (χ4v) is 6.34. The highest BCUT2D eigenvalue weighted by Gasteiger charge is 2.41. The van der Waals surface area contributed by atoms with Gasteiger partial charge in [0.25, 0.3) is 0 Å². The van der Waals surface area contributed by atoms with Crippen LogP contribution < -0.4 is 0 Å². The first kappa shape index (κ1) is 20.4. The lowest BCUT2D eigenvalue weighted by Crippen LogP contribution is -2.35. The highest BCUT2D eigenvalue weighted by atomic mass is 32.2. The SMILES string of the molecule is CCOC(=O)C(CCP(C)(=O)OCC)(SCC)SCC. The van der Waals surface area contributed by atoms with Crippen LogP contribution in [0.5, 0.6) is 0 Å². The average Bonchev–Trinajstić information content (AvgIpc) is 2.37. The summed E-state index contributed by atoms with van der Waals surface area (Å²) < 4.78 is 22.1. The molecule has 120 valence electrons. The molecule has 1 unspecified atom stereocenters. The molecule has 0 aromatic carbocycles. The maximum Gasteiger partial charge on any atom is 0.332 e. The average molecular weight is 342 g/mol. The minimum Gasteiger partial charge on any atom is -0.464 e. The Morgan fingerprint density at radius 3 is 2.05 bits per heavy atom. The Morgan fingerprint density at radius 2 is 1.65 bits per heavy atom. The summed E-state index contributed by atoms with van der Waals surface area (Å²) in [7, 11) is -2.63. The van der Waals surface area contributed by atoms with E-state index in [-0.39, 0.29) is 5.97 Å². The van der Waals surface area contributed by atoms with Gasteiger partial charge in [0, 0.05) is 12.8 Å². The molecule has 1 atom stereocenters. The first-order valence-corrected chi connectivity index (χ1v) is 11.3. The molecule has 0 aliphatic heterocycles. The lowest BCUT2D eigenvalue weighted by molar-refractivity contribution is -0.143. The number of hydrogen-bond donors (Lipinski definition) is 0. The number of esters is 1. The van der Waals surface area contributed by atoms with Gasteiger partial charge >= 0.3 is 5.97 Å². The summed E-state index contributed by atoms with van der Waals surface area (Å²) in [5.41, 5.74) is 0.